The number of rotatable bonds is 3. The van der Waals surface area contributed by atoms with E-state index in [0.29, 0.717) is 0 Å². The Labute approximate surface area is 119 Å². The molecule has 0 aliphatic carbocycles. The zero-order chi connectivity index (χ0) is 11.4. The van der Waals surface area contributed by atoms with E-state index >= 15 is 0 Å². The molecule has 96 valence electrons. The van der Waals surface area contributed by atoms with Gasteiger partial charge in [0.25, 0.3) is 0 Å². The lowest BCUT2D eigenvalue weighted by molar-refractivity contribution is 0.701. The summed E-state index contributed by atoms with van der Waals surface area (Å²) in [5.41, 5.74) is 2.41. The van der Waals surface area contributed by atoms with E-state index in [1.54, 1.807) is 0 Å². The Morgan fingerprint density at radius 3 is 3.00 bits per heavy atom. The highest BCUT2D eigenvalue weighted by Crippen LogP contribution is 2.06. The predicted octanol–water partition coefficient (Wildman–Crippen LogP) is 1.04. The number of hydrogen-bond donors (Lipinski definition) is 2. The van der Waals surface area contributed by atoms with Crippen LogP contribution in [0, 0.1) is 0 Å². The van der Waals surface area contributed by atoms with E-state index in [0.717, 1.165) is 44.1 Å². The van der Waals surface area contributed by atoms with Crippen LogP contribution in [0.1, 0.15) is 24.6 Å². The Hall–Kier alpha value is -0.790. The van der Waals surface area contributed by atoms with Crippen LogP contribution in [0.2, 0.25) is 0 Å². The second-order valence-electron chi connectivity index (χ2n) is 3.99. The lowest BCUT2D eigenvalue weighted by atomic mass is 10.2. The molecule has 0 unspecified atom stereocenters. The van der Waals surface area contributed by atoms with Crippen LogP contribution in [0.5, 0.6) is 0 Å². The largest absolute Gasteiger partial charge is 0.356 e. The normalized spacial score (nSPS) is 14.6. The first-order valence-corrected chi connectivity index (χ1v) is 5.83. The van der Waals surface area contributed by atoms with Crippen LogP contribution in [0.4, 0.5) is 0 Å². The van der Waals surface area contributed by atoms with Gasteiger partial charge in [0.1, 0.15) is 0 Å². The second kappa shape index (κ2) is 6.83. The number of guanidine groups is 1. The molecule has 0 aromatic carbocycles. The lowest BCUT2D eigenvalue weighted by Gasteiger charge is -2.15. The summed E-state index contributed by atoms with van der Waals surface area (Å²) in [6.45, 7) is 4.85. The fourth-order valence-corrected chi connectivity index (χ4v) is 1.86. The van der Waals surface area contributed by atoms with Gasteiger partial charge in [-0.3, -0.25) is 9.67 Å². The standard InChI is InChI=1S/C11H19N5.HI/c1-3-10-9(8-16(2)15-10)7-14-11-12-5-4-6-13-11;/h8H,3-7H2,1-2H3,(H2,12,13,14);1H. The van der Waals surface area contributed by atoms with Crippen molar-refractivity contribution in [1.29, 1.82) is 0 Å². The third-order valence-electron chi connectivity index (χ3n) is 2.67. The fraction of sp³-hybridized carbons (Fsp3) is 0.636. The fourth-order valence-electron chi connectivity index (χ4n) is 1.86. The third kappa shape index (κ3) is 3.86. The van der Waals surface area contributed by atoms with E-state index in [-0.39, 0.29) is 24.0 Å². The molecule has 0 spiro atoms. The maximum absolute atomic E-state index is 4.41. The maximum atomic E-state index is 4.41. The van der Waals surface area contributed by atoms with Crippen LogP contribution in [-0.4, -0.2) is 28.8 Å². The van der Waals surface area contributed by atoms with Crippen molar-refractivity contribution < 1.29 is 0 Å². The molecule has 1 aliphatic rings. The number of hydrogen-bond acceptors (Lipinski definition) is 4. The van der Waals surface area contributed by atoms with Gasteiger partial charge in [0.05, 0.1) is 5.69 Å². The van der Waals surface area contributed by atoms with Crippen molar-refractivity contribution in [3.05, 3.63) is 17.5 Å². The highest BCUT2D eigenvalue weighted by molar-refractivity contribution is 14.0. The molecule has 0 atom stereocenters. The molecule has 2 rings (SSSR count). The summed E-state index contributed by atoms with van der Waals surface area (Å²) in [6, 6.07) is 0. The van der Waals surface area contributed by atoms with Gasteiger partial charge in [-0.1, -0.05) is 6.92 Å². The summed E-state index contributed by atoms with van der Waals surface area (Å²) in [5.74, 6) is 0.914. The maximum Gasteiger partial charge on any atom is 0.191 e. The van der Waals surface area contributed by atoms with Crippen LogP contribution < -0.4 is 10.6 Å². The monoisotopic (exact) mass is 349 g/mol. The highest BCUT2D eigenvalue weighted by Gasteiger charge is 2.07. The van der Waals surface area contributed by atoms with Crippen molar-refractivity contribution in [2.75, 3.05) is 13.1 Å². The summed E-state index contributed by atoms with van der Waals surface area (Å²) in [6.07, 6.45) is 4.16. The predicted molar refractivity (Wildman–Crippen MR) is 79.8 cm³/mol. The molecule has 0 bridgehead atoms. The van der Waals surface area contributed by atoms with Gasteiger partial charge in [-0.2, -0.15) is 5.10 Å². The molecule has 0 saturated carbocycles. The Bertz CT molecular complexity index is 385. The Morgan fingerprint density at radius 2 is 2.35 bits per heavy atom. The molecule has 2 N–H and O–H groups in total. The van der Waals surface area contributed by atoms with Gasteiger partial charge >= 0.3 is 0 Å². The van der Waals surface area contributed by atoms with Crippen molar-refractivity contribution in [3.8, 4) is 0 Å². The van der Waals surface area contributed by atoms with Crippen LogP contribution in [-0.2, 0) is 20.0 Å². The molecule has 1 aromatic heterocycles. The van der Waals surface area contributed by atoms with Gasteiger partial charge in [0.2, 0.25) is 0 Å². The zero-order valence-electron chi connectivity index (χ0n) is 10.4. The van der Waals surface area contributed by atoms with Gasteiger partial charge in [0, 0.05) is 38.4 Å². The van der Waals surface area contributed by atoms with Crippen LogP contribution >= 0.6 is 24.0 Å². The quantitative estimate of drug-likeness (QED) is 0.802. The topological polar surface area (TPSA) is 54.2 Å². The molecule has 0 amide bonds. The molecule has 1 aliphatic heterocycles. The SMILES string of the molecule is CCc1nn(C)cc1CNC1=NCCCN1.I. The smallest absolute Gasteiger partial charge is 0.191 e. The minimum Gasteiger partial charge on any atom is -0.356 e. The molecule has 17 heavy (non-hydrogen) atoms. The Kier molecular flexibility index (Phi) is 5.73. The van der Waals surface area contributed by atoms with E-state index in [2.05, 4.69) is 33.8 Å². The van der Waals surface area contributed by atoms with Gasteiger partial charge < -0.3 is 10.6 Å². The number of aliphatic imine (C=N–C) groups is 1. The Balaban J connectivity index is 0.00000144. The minimum absolute atomic E-state index is 0. The molecular formula is C11H20IN5. The average molecular weight is 349 g/mol. The molecule has 1 aromatic rings. The molecule has 2 heterocycles. The van der Waals surface area contributed by atoms with Crippen LogP contribution in [0.3, 0.4) is 0 Å². The van der Waals surface area contributed by atoms with Gasteiger partial charge in [-0.15, -0.1) is 24.0 Å². The number of halogens is 1. The molecule has 0 fully saturated rings. The molecule has 5 nitrogen and oxygen atoms in total. The van der Waals surface area contributed by atoms with Crippen LogP contribution in [0.25, 0.3) is 0 Å². The van der Waals surface area contributed by atoms with E-state index in [9.17, 15) is 0 Å². The van der Waals surface area contributed by atoms with Crippen molar-refractivity contribution >= 4 is 29.9 Å². The van der Waals surface area contributed by atoms with E-state index in [1.165, 1.54) is 5.56 Å². The van der Waals surface area contributed by atoms with Crippen molar-refractivity contribution in [3.63, 3.8) is 0 Å². The third-order valence-corrected chi connectivity index (χ3v) is 2.67. The van der Waals surface area contributed by atoms with E-state index < -0.39 is 0 Å². The van der Waals surface area contributed by atoms with E-state index in [1.807, 2.05) is 11.7 Å². The first-order valence-electron chi connectivity index (χ1n) is 5.83. The minimum atomic E-state index is 0. The van der Waals surface area contributed by atoms with Gasteiger partial charge in [-0.25, -0.2) is 0 Å². The zero-order valence-corrected chi connectivity index (χ0v) is 12.7. The Morgan fingerprint density at radius 1 is 1.53 bits per heavy atom. The summed E-state index contributed by atoms with van der Waals surface area (Å²) in [4.78, 5) is 4.37. The van der Waals surface area contributed by atoms with Crippen molar-refractivity contribution in [2.45, 2.75) is 26.3 Å². The summed E-state index contributed by atoms with van der Waals surface area (Å²) >= 11 is 0. The average Bonchev–Trinajstić information content (AvgIpc) is 2.68. The number of aromatic nitrogens is 2. The number of nitrogens with one attached hydrogen (secondary N) is 2. The van der Waals surface area contributed by atoms with E-state index in [4.69, 9.17) is 0 Å². The first-order chi connectivity index (χ1) is 7.79. The van der Waals surface area contributed by atoms with Gasteiger partial charge in [0.15, 0.2) is 5.96 Å². The highest BCUT2D eigenvalue weighted by atomic mass is 127. The lowest BCUT2D eigenvalue weighted by Crippen LogP contribution is -2.40. The summed E-state index contributed by atoms with van der Waals surface area (Å²) in [5, 5.41) is 11.0. The number of nitrogens with zero attached hydrogens (tertiary/aromatic N) is 3. The summed E-state index contributed by atoms with van der Waals surface area (Å²) in [7, 11) is 1.96. The molecule has 6 heteroatoms. The van der Waals surface area contributed by atoms with Crippen molar-refractivity contribution in [1.82, 2.24) is 20.4 Å². The molecule has 0 radical (unpaired) electrons. The first kappa shape index (κ1) is 14.3. The number of aryl methyl sites for hydroxylation is 2. The van der Waals surface area contributed by atoms with Crippen molar-refractivity contribution in [2.24, 2.45) is 12.0 Å². The van der Waals surface area contributed by atoms with Gasteiger partial charge in [-0.05, 0) is 12.8 Å². The summed E-state index contributed by atoms with van der Waals surface area (Å²) < 4.78 is 1.87. The van der Waals surface area contributed by atoms with Crippen LogP contribution in [0.15, 0.2) is 11.2 Å². The molecular weight excluding hydrogens is 329 g/mol. The molecule has 0 saturated heterocycles. The second-order valence-corrected chi connectivity index (χ2v) is 3.99.